The highest BCUT2D eigenvalue weighted by molar-refractivity contribution is 5.91. The summed E-state index contributed by atoms with van der Waals surface area (Å²) in [5.41, 5.74) is 0.421. The number of amides is 1. The Bertz CT molecular complexity index is 616. The van der Waals surface area contributed by atoms with Crippen molar-refractivity contribution in [1.29, 1.82) is 5.26 Å². The van der Waals surface area contributed by atoms with E-state index in [1.807, 2.05) is 0 Å². The second-order valence-electron chi connectivity index (χ2n) is 5.84. The van der Waals surface area contributed by atoms with Crippen molar-refractivity contribution in [1.82, 2.24) is 5.32 Å². The maximum atomic E-state index is 11.9. The van der Waals surface area contributed by atoms with Crippen molar-refractivity contribution in [2.24, 2.45) is 5.92 Å². The molecule has 0 spiro atoms. The molecule has 0 saturated heterocycles. The number of methoxy groups -OCH3 is 1. The molecule has 1 N–H and O–H groups in total. The predicted molar refractivity (Wildman–Crippen MR) is 82.3 cm³/mol. The van der Waals surface area contributed by atoms with Gasteiger partial charge in [-0.25, -0.2) is 4.79 Å². The van der Waals surface area contributed by atoms with Crippen LogP contribution >= 0.6 is 0 Å². The molecule has 6 nitrogen and oxygen atoms in total. The lowest BCUT2D eigenvalue weighted by molar-refractivity contribution is -0.125. The standard InChI is InChI=1S/C17H20N2O4/c1-17(11-18,14-7-8-14)19-15(20)10-23-16(21)13-5-3-12(4-6-13)9-22-2/h3-6,14H,7-10H2,1-2H3,(H,19,20)/t17-/m1/s1. The number of carbonyl (C=O) groups excluding carboxylic acids is 2. The van der Waals surface area contributed by atoms with E-state index in [4.69, 9.17) is 9.47 Å². The second kappa shape index (κ2) is 7.25. The van der Waals surface area contributed by atoms with Gasteiger partial charge in [-0.3, -0.25) is 4.79 Å². The van der Waals surface area contributed by atoms with Gasteiger partial charge < -0.3 is 14.8 Å². The van der Waals surface area contributed by atoms with E-state index in [1.54, 1.807) is 38.3 Å². The van der Waals surface area contributed by atoms with E-state index in [1.165, 1.54) is 0 Å². The van der Waals surface area contributed by atoms with Gasteiger partial charge in [-0.2, -0.15) is 5.26 Å². The smallest absolute Gasteiger partial charge is 0.338 e. The minimum Gasteiger partial charge on any atom is -0.452 e. The van der Waals surface area contributed by atoms with Crippen LogP contribution in [0, 0.1) is 17.2 Å². The fourth-order valence-electron chi connectivity index (χ4n) is 2.33. The summed E-state index contributed by atoms with van der Waals surface area (Å²) in [6, 6.07) is 8.90. The average Bonchev–Trinajstić information content (AvgIpc) is 3.39. The third-order valence-electron chi connectivity index (χ3n) is 3.86. The van der Waals surface area contributed by atoms with Crippen LogP contribution in [0.5, 0.6) is 0 Å². The normalized spacial score (nSPS) is 16.0. The highest BCUT2D eigenvalue weighted by Gasteiger charge is 2.43. The van der Waals surface area contributed by atoms with E-state index in [2.05, 4.69) is 11.4 Å². The van der Waals surface area contributed by atoms with Crippen molar-refractivity contribution in [2.75, 3.05) is 13.7 Å². The van der Waals surface area contributed by atoms with Crippen LogP contribution in [-0.2, 0) is 20.9 Å². The molecule has 1 fully saturated rings. The van der Waals surface area contributed by atoms with Crippen LogP contribution in [0.1, 0.15) is 35.7 Å². The van der Waals surface area contributed by atoms with Crippen LogP contribution in [0.2, 0.25) is 0 Å². The number of hydrogen-bond acceptors (Lipinski definition) is 5. The highest BCUT2D eigenvalue weighted by atomic mass is 16.5. The number of nitrogens with one attached hydrogen (secondary N) is 1. The van der Waals surface area contributed by atoms with Gasteiger partial charge in [0.05, 0.1) is 18.2 Å². The molecule has 0 unspecified atom stereocenters. The van der Waals surface area contributed by atoms with Crippen LogP contribution in [0.15, 0.2) is 24.3 Å². The average molecular weight is 316 g/mol. The van der Waals surface area contributed by atoms with Crippen molar-refractivity contribution in [3.05, 3.63) is 35.4 Å². The maximum absolute atomic E-state index is 11.9. The molecule has 1 aliphatic rings. The van der Waals surface area contributed by atoms with Crippen molar-refractivity contribution in [2.45, 2.75) is 31.9 Å². The van der Waals surface area contributed by atoms with Crippen molar-refractivity contribution in [3.63, 3.8) is 0 Å². The van der Waals surface area contributed by atoms with E-state index in [0.29, 0.717) is 12.2 Å². The highest BCUT2D eigenvalue weighted by Crippen LogP contribution is 2.39. The first-order valence-electron chi connectivity index (χ1n) is 7.46. The molecule has 1 aromatic carbocycles. The quantitative estimate of drug-likeness (QED) is 0.775. The fourth-order valence-corrected chi connectivity index (χ4v) is 2.33. The van der Waals surface area contributed by atoms with Gasteiger partial charge in [0, 0.05) is 7.11 Å². The minimum absolute atomic E-state index is 0.181. The zero-order chi connectivity index (χ0) is 16.9. The Morgan fingerprint density at radius 2 is 2.00 bits per heavy atom. The van der Waals surface area contributed by atoms with E-state index in [-0.39, 0.29) is 5.92 Å². The summed E-state index contributed by atoms with van der Waals surface area (Å²) in [6.07, 6.45) is 1.86. The Labute approximate surface area is 135 Å². The summed E-state index contributed by atoms with van der Waals surface area (Å²) in [5, 5.41) is 11.8. The lowest BCUT2D eigenvalue weighted by Crippen LogP contribution is -2.48. The monoisotopic (exact) mass is 316 g/mol. The van der Waals surface area contributed by atoms with Gasteiger partial charge in [0.15, 0.2) is 6.61 Å². The molecule has 1 aromatic rings. The lowest BCUT2D eigenvalue weighted by Gasteiger charge is -2.22. The lowest BCUT2D eigenvalue weighted by atomic mass is 9.98. The molecule has 0 bridgehead atoms. The zero-order valence-corrected chi connectivity index (χ0v) is 13.3. The molecule has 1 amide bonds. The number of carbonyl (C=O) groups is 2. The summed E-state index contributed by atoms with van der Waals surface area (Å²) in [5.74, 6) is -0.861. The molecule has 2 rings (SSSR count). The summed E-state index contributed by atoms with van der Waals surface area (Å²) >= 11 is 0. The molecule has 6 heteroatoms. The first-order chi connectivity index (χ1) is 11.0. The van der Waals surface area contributed by atoms with E-state index in [9.17, 15) is 14.9 Å². The zero-order valence-electron chi connectivity index (χ0n) is 13.3. The van der Waals surface area contributed by atoms with Crippen LogP contribution in [0.3, 0.4) is 0 Å². The molecular weight excluding hydrogens is 296 g/mol. The Balaban J connectivity index is 1.83. The molecule has 0 aromatic heterocycles. The summed E-state index contributed by atoms with van der Waals surface area (Å²) in [4.78, 5) is 23.8. The number of rotatable bonds is 7. The van der Waals surface area contributed by atoms with Gasteiger partial charge in [0.2, 0.25) is 0 Å². The molecule has 1 aliphatic carbocycles. The Hall–Kier alpha value is -2.39. The third kappa shape index (κ3) is 4.54. The third-order valence-corrected chi connectivity index (χ3v) is 3.86. The largest absolute Gasteiger partial charge is 0.452 e. The Morgan fingerprint density at radius 3 is 2.52 bits per heavy atom. The number of esters is 1. The van der Waals surface area contributed by atoms with Gasteiger partial charge in [-0.1, -0.05) is 12.1 Å². The number of nitrogens with zero attached hydrogens (tertiary/aromatic N) is 1. The molecular formula is C17H20N2O4. The van der Waals surface area contributed by atoms with Crippen LogP contribution in [0.4, 0.5) is 0 Å². The molecule has 1 saturated carbocycles. The molecule has 0 aliphatic heterocycles. The molecule has 0 heterocycles. The van der Waals surface area contributed by atoms with E-state index >= 15 is 0 Å². The number of benzene rings is 1. The van der Waals surface area contributed by atoms with Gasteiger partial charge in [0.1, 0.15) is 5.54 Å². The first kappa shape index (κ1) is 17.0. The van der Waals surface area contributed by atoms with Crippen LogP contribution in [-0.4, -0.2) is 31.1 Å². The number of hydrogen-bond donors (Lipinski definition) is 1. The minimum atomic E-state index is -0.884. The molecule has 23 heavy (non-hydrogen) atoms. The van der Waals surface area contributed by atoms with Crippen molar-refractivity contribution < 1.29 is 19.1 Å². The van der Waals surface area contributed by atoms with Crippen molar-refractivity contribution in [3.8, 4) is 6.07 Å². The van der Waals surface area contributed by atoms with E-state index in [0.717, 1.165) is 18.4 Å². The molecule has 1 atom stereocenters. The van der Waals surface area contributed by atoms with Gasteiger partial charge >= 0.3 is 5.97 Å². The number of ether oxygens (including phenoxy) is 2. The first-order valence-corrected chi connectivity index (χ1v) is 7.46. The summed E-state index contributed by atoms with van der Waals surface area (Å²) in [6.45, 7) is 1.76. The van der Waals surface area contributed by atoms with Crippen LogP contribution < -0.4 is 5.32 Å². The Morgan fingerprint density at radius 1 is 1.35 bits per heavy atom. The SMILES string of the molecule is COCc1ccc(C(=O)OCC(=O)N[C@](C)(C#N)C2CC2)cc1. The fraction of sp³-hybridized carbons (Fsp3) is 0.471. The van der Waals surface area contributed by atoms with Crippen LogP contribution in [0.25, 0.3) is 0 Å². The second-order valence-corrected chi connectivity index (χ2v) is 5.84. The van der Waals surface area contributed by atoms with Gasteiger partial charge in [0.25, 0.3) is 5.91 Å². The predicted octanol–water partition coefficient (Wildman–Crippen LogP) is 1.80. The summed E-state index contributed by atoms with van der Waals surface area (Å²) < 4.78 is 9.98. The topological polar surface area (TPSA) is 88.4 Å². The molecule has 0 radical (unpaired) electrons. The van der Waals surface area contributed by atoms with Crippen molar-refractivity contribution >= 4 is 11.9 Å². The maximum Gasteiger partial charge on any atom is 0.338 e. The number of nitriles is 1. The van der Waals surface area contributed by atoms with E-state index < -0.39 is 24.0 Å². The Kier molecular flexibility index (Phi) is 5.35. The van der Waals surface area contributed by atoms with Gasteiger partial charge in [-0.05, 0) is 43.4 Å². The van der Waals surface area contributed by atoms with Gasteiger partial charge in [-0.15, -0.1) is 0 Å². The molecule has 122 valence electrons. The summed E-state index contributed by atoms with van der Waals surface area (Å²) in [7, 11) is 1.59.